The molecular weight excluding hydrogens is 288 g/mol. The predicted octanol–water partition coefficient (Wildman–Crippen LogP) is 1.69. The number of thiazole rings is 1. The molecule has 0 unspecified atom stereocenters. The molecule has 6 nitrogen and oxygen atoms in total. The lowest BCUT2D eigenvalue weighted by molar-refractivity contribution is -0.127. The molecule has 0 aliphatic carbocycles. The highest BCUT2D eigenvalue weighted by molar-refractivity contribution is 7.09. The Kier molecular flexibility index (Phi) is 5.55. The summed E-state index contributed by atoms with van der Waals surface area (Å²) in [7, 11) is 1.76. The fourth-order valence-electron chi connectivity index (χ4n) is 2.29. The Morgan fingerprint density at radius 3 is 3.05 bits per heavy atom. The first-order chi connectivity index (χ1) is 10.1. The maximum absolute atomic E-state index is 12.1. The SMILES string of the molecule is C[C@H](CCN1CCCC1=O)NC(=O)N(C)Cc1nccs1. The molecule has 2 heterocycles. The predicted molar refractivity (Wildman–Crippen MR) is 82.0 cm³/mol. The van der Waals surface area contributed by atoms with Crippen LogP contribution >= 0.6 is 11.3 Å². The lowest BCUT2D eigenvalue weighted by atomic mass is 10.2. The summed E-state index contributed by atoms with van der Waals surface area (Å²) in [6.07, 6.45) is 4.14. The summed E-state index contributed by atoms with van der Waals surface area (Å²) in [5.74, 6) is 0.231. The van der Waals surface area contributed by atoms with E-state index in [0.717, 1.165) is 30.9 Å². The summed E-state index contributed by atoms with van der Waals surface area (Å²) < 4.78 is 0. The minimum absolute atomic E-state index is 0.0460. The van der Waals surface area contributed by atoms with Crippen molar-refractivity contribution < 1.29 is 9.59 Å². The van der Waals surface area contributed by atoms with Crippen molar-refractivity contribution in [2.45, 2.75) is 38.8 Å². The van der Waals surface area contributed by atoms with E-state index in [2.05, 4.69) is 10.3 Å². The number of aromatic nitrogens is 1. The molecule has 0 aromatic carbocycles. The highest BCUT2D eigenvalue weighted by Crippen LogP contribution is 2.11. The summed E-state index contributed by atoms with van der Waals surface area (Å²) >= 11 is 1.54. The van der Waals surface area contributed by atoms with Crippen molar-refractivity contribution in [3.05, 3.63) is 16.6 Å². The first-order valence-electron chi connectivity index (χ1n) is 7.24. The van der Waals surface area contributed by atoms with Gasteiger partial charge in [-0.1, -0.05) is 0 Å². The zero-order chi connectivity index (χ0) is 15.2. The first kappa shape index (κ1) is 15.8. The van der Waals surface area contributed by atoms with Crippen molar-refractivity contribution in [3.63, 3.8) is 0 Å². The van der Waals surface area contributed by atoms with E-state index in [4.69, 9.17) is 0 Å². The number of likely N-dealkylation sites (tertiary alicyclic amines) is 1. The number of urea groups is 1. The van der Waals surface area contributed by atoms with Crippen molar-refractivity contribution in [1.29, 1.82) is 0 Å². The van der Waals surface area contributed by atoms with Crippen LogP contribution in [0.4, 0.5) is 4.79 Å². The molecule has 0 radical (unpaired) electrons. The molecular formula is C14H22N4O2S. The molecule has 1 aliphatic rings. The van der Waals surface area contributed by atoms with Crippen LogP contribution in [0.15, 0.2) is 11.6 Å². The van der Waals surface area contributed by atoms with Crippen LogP contribution in [0.1, 0.15) is 31.2 Å². The maximum Gasteiger partial charge on any atom is 0.317 e. The molecule has 2 rings (SSSR count). The third kappa shape index (κ3) is 4.70. The normalized spacial score (nSPS) is 16.1. The quantitative estimate of drug-likeness (QED) is 0.869. The van der Waals surface area contributed by atoms with Crippen molar-refractivity contribution >= 4 is 23.3 Å². The maximum atomic E-state index is 12.1. The molecule has 1 saturated heterocycles. The van der Waals surface area contributed by atoms with Gasteiger partial charge in [-0.15, -0.1) is 11.3 Å². The van der Waals surface area contributed by atoms with E-state index in [-0.39, 0.29) is 18.0 Å². The number of nitrogens with one attached hydrogen (secondary N) is 1. The van der Waals surface area contributed by atoms with Gasteiger partial charge in [-0.3, -0.25) is 4.79 Å². The van der Waals surface area contributed by atoms with Gasteiger partial charge in [-0.25, -0.2) is 9.78 Å². The molecule has 7 heteroatoms. The summed E-state index contributed by atoms with van der Waals surface area (Å²) in [5, 5.41) is 5.78. The zero-order valence-corrected chi connectivity index (χ0v) is 13.4. The summed E-state index contributed by atoms with van der Waals surface area (Å²) in [6, 6.07) is -0.0601. The van der Waals surface area contributed by atoms with Gasteiger partial charge < -0.3 is 15.1 Å². The van der Waals surface area contributed by atoms with Gasteiger partial charge >= 0.3 is 6.03 Å². The van der Waals surface area contributed by atoms with E-state index in [0.29, 0.717) is 13.0 Å². The van der Waals surface area contributed by atoms with Crippen molar-refractivity contribution in [3.8, 4) is 0 Å². The van der Waals surface area contributed by atoms with Gasteiger partial charge in [-0.05, 0) is 19.8 Å². The van der Waals surface area contributed by atoms with Crippen molar-refractivity contribution in [1.82, 2.24) is 20.1 Å². The number of hydrogen-bond donors (Lipinski definition) is 1. The van der Waals surface area contributed by atoms with E-state index >= 15 is 0 Å². The molecule has 0 saturated carbocycles. The number of carbonyl (C=O) groups excluding carboxylic acids is 2. The van der Waals surface area contributed by atoms with Crippen LogP contribution in [-0.2, 0) is 11.3 Å². The Bertz CT molecular complexity index is 477. The Hall–Kier alpha value is -1.63. The van der Waals surface area contributed by atoms with Gasteiger partial charge in [0.15, 0.2) is 0 Å². The molecule has 1 aromatic heterocycles. The summed E-state index contributed by atoms with van der Waals surface area (Å²) in [4.78, 5) is 31.2. The summed E-state index contributed by atoms with van der Waals surface area (Å²) in [6.45, 7) is 4.05. The Labute approximate surface area is 129 Å². The Morgan fingerprint density at radius 1 is 1.62 bits per heavy atom. The van der Waals surface area contributed by atoms with Gasteiger partial charge in [0.2, 0.25) is 5.91 Å². The van der Waals surface area contributed by atoms with E-state index in [1.165, 1.54) is 11.3 Å². The van der Waals surface area contributed by atoms with Gasteiger partial charge in [0, 0.05) is 44.2 Å². The van der Waals surface area contributed by atoms with Crippen molar-refractivity contribution in [2.24, 2.45) is 0 Å². The van der Waals surface area contributed by atoms with Crippen LogP contribution in [0.25, 0.3) is 0 Å². The standard InChI is InChI=1S/C14H22N4O2S/c1-11(5-8-18-7-3-4-13(18)19)16-14(20)17(2)10-12-15-6-9-21-12/h6,9,11H,3-5,7-8,10H2,1-2H3,(H,16,20)/t11-/m1/s1. The highest BCUT2D eigenvalue weighted by atomic mass is 32.1. The molecule has 1 N–H and O–H groups in total. The molecule has 1 atom stereocenters. The molecule has 116 valence electrons. The molecule has 1 aromatic rings. The van der Waals surface area contributed by atoms with Crippen LogP contribution in [-0.4, -0.2) is 52.9 Å². The molecule has 0 bridgehead atoms. The Balaban J connectivity index is 1.70. The van der Waals surface area contributed by atoms with Crippen LogP contribution in [0, 0.1) is 0 Å². The van der Waals surface area contributed by atoms with E-state index in [9.17, 15) is 9.59 Å². The molecule has 1 fully saturated rings. The number of rotatable bonds is 6. The van der Waals surface area contributed by atoms with Crippen LogP contribution < -0.4 is 5.32 Å². The number of hydrogen-bond acceptors (Lipinski definition) is 4. The number of amides is 3. The average Bonchev–Trinajstić information content (AvgIpc) is 3.08. The monoisotopic (exact) mass is 310 g/mol. The summed E-state index contributed by atoms with van der Waals surface area (Å²) in [5.41, 5.74) is 0. The highest BCUT2D eigenvalue weighted by Gasteiger charge is 2.21. The van der Waals surface area contributed by atoms with Crippen LogP contribution in [0.5, 0.6) is 0 Å². The molecule has 1 aliphatic heterocycles. The third-order valence-corrected chi connectivity index (χ3v) is 4.34. The lowest BCUT2D eigenvalue weighted by Crippen LogP contribution is -2.43. The minimum atomic E-state index is -0.106. The second kappa shape index (κ2) is 7.40. The van der Waals surface area contributed by atoms with Crippen LogP contribution in [0.3, 0.4) is 0 Å². The fraction of sp³-hybridized carbons (Fsp3) is 0.643. The van der Waals surface area contributed by atoms with Gasteiger partial charge in [0.25, 0.3) is 0 Å². The number of carbonyl (C=O) groups is 2. The smallest absolute Gasteiger partial charge is 0.317 e. The second-order valence-corrected chi connectivity index (χ2v) is 6.38. The molecule has 21 heavy (non-hydrogen) atoms. The van der Waals surface area contributed by atoms with Crippen LogP contribution in [0.2, 0.25) is 0 Å². The van der Waals surface area contributed by atoms with Gasteiger partial charge in [0.1, 0.15) is 5.01 Å². The largest absolute Gasteiger partial charge is 0.343 e. The third-order valence-electron chi connectivity index (χ3n) is 3.58. The molecule has 3 amide bonds. The topological polar surface area (TPSA) is 65.5 Å². The fourth-order valence-corrected chi connectivity index (χ4v) is 2.96. The average molecular weight is 310 g/mol. The van der Waals surface area contributed by atoms with Gasteiger partial charge in [-0.2, -0.15) is 0 Å². The van der Waals surface area contributed by atoms with E-state index < -0.39 is 0 Å². The number of nitrogens with zero attached hydrogens (tertiary/aromatic N) is 3. The van der Waals surface area contributed by atoms with E-state index in [1.807, 2.05) is 17.2 Å². The zero-order valence-electron chi connectivity index (χ0n) is 12.5. The first-order valence-corrected chi connectivity index (χ1v) is 8.12. The van der Waals surface area contributed by atoms with Gasteiger partial charge in [0.05, 0.1) is 6.54 Å². The lowest BCUT2D eigenvalue weighted by Gasteiger charge is -2.22. The minimum Gasteiger partial charge on any atom is -0.343 e. The second-order valence-electron chi connectivity index (χ2n) is 5.41. The Morgan fingerprint density at radius 2 is 2.43 bits per heavy atom. The molecule has 0 spiro atoms. The van der Waals surface area contributed by atoms with Crippen molar-refractivity contribution in [2.75, 3.05) is 20.1 Å². The van der Waals surface area contributed by atoms with E-state index in [1.54, 1.807) is 18.1 Å².